The van der Waals surface area contributed by atoms with Gasteiger partial charge in [-0.25, -0.2) is 8.78 Å². The highest BCUT2D eigenvalue weighted by atomic mass is 79.9. The molecule has 0 heterocycles. The Hall–Kier alpha value is -1.64. The van der Waals surface area contributed by atoms with Crippen molar-refractivity contribution in [3.05, 3.63) is 62.6 Å². The minimum Gasteiger partial charge on any atom is -0.380 e. The fourth-order valence-corrected chi connectivity index (χ4v) is 2.24. The summed E-state index contributed by atoms with van der Waals surface area (Å²) in [6.45, 7) is -0.0533. The maximum atomic E-state index is 13.7. The summed E-state index contributed by atoms with van der Waals surface area (Å²) in [5.41, 5.74) is 0.448. The minimum atomic E-state index is -0.757. The van der Waals surface area contributed by atoms with Crippen molar-refractivity contribution in [2.45, 2.75) is 6.54 Å². The van der Waals surface area contributed by atoms with E-state index in [1.165, 1.54) is 0 Å². The molecule has 0 unspecified atom stereocenters. The Balaban J connectivity index is 2.24. The molecule has 0 fully saturated rings. The third-order valence-corrected chi connectivity index (χ3v) is 4.07. The number of hydrogen-bond acceptors (Lipinski definition) is 2. The van der Waals surface area contributed by atoms with Crippen LogP contribution in [0.15, 0.2) is 34.8 Å². The Morgan fingerprint density at radius 1 is 1.25 bits per heavy atom. The molecular weight excluding hydrogens is 350 g/mol. The number of anilines is 1. The molecule has 1 N–H and O–H groups in total. The van der Waals surface area contributed by atoms with Crippen molar-refractivity contribution in [3.63, 3.8) is 0 Å². The first-order chi connectivity index (χ1) is 9.52. The van der Waals surface area contributed by atoms with E-state index in [-0.39, 0.29) is 17.7 Å². The molecule has 6 heteroatoms. The standard InChI is InChI=1S/C14H8BrClF2N2/c15-14-10(16)2-1-3-13(14)20-7-9-11(17)4-8(6-19)5-12(9)18/h1-5,20H,7H2. The molecule has 102 valence electrons. The highest BCUT2D eigenvalue weighted by Gasteiger charge is 2.12. The highest BCUT2D eigenvalue weighted by molar-refractivity contribution is 9.10. The Bertz CT molecular complexity index is 675. The number of rotatable bonds is 3. The second-order valence-corrected chi connectivity index (χ2v) is 5.19. The number of benzene rings is 2. The second-order valence-electron chi connectivity index (χ2n) is 3.99. The van der Waals surface area contributed by atoms with Gasteiger partial charge in [0.25, 0.3) is 0 Å². The fourth-order valence-electron chi connectivity index (χ4n) is 1.66. The van der Waals surface area contributed by atoms with E-state index >= 15 is 0 Å². The average molecular weight is 358 g/mol. The van der Waals surface area contributed by atoms with Crippen LogP contribution in [0.25, 0.3) is 0 Å². The Morgan fingerprint density at radius 2 is 1.90 bits per heavy atom. The lowest BCUT2D eigenvalue weighted by molar-refractivity contribution is 0.559. The number of nitriles is 1. The van der Waals surface area contributed by atoms with Crippen molar-refractivity contribution < 1.29 is 8.78 Å². The van der Waals surface area contributed by atoms with E-state index in [1.54, 1.807) is 24.3 Å². The quantitative estimate of drug-likeness (QED) is 0.851. The molecule has 2 rings (SSSR count). The van der Waals surface area contributed by atoms with E-state index in [9.17, 15) is 8.78 Å². The van der Waals surface area contributed by atoms with Gasteiger partial charge in [0.1, 0.15) is 11.6 Å². The molecule has 0 aliphatic rings. The van der Waals surface area contributed by atoms with E-state index in [4.69, 9.17) is 16.9 Å². The van der Waals surface area contributed by atoms with Crippen molar-refractivity contribution in [2.24, 2.45) is 0 Å². The van der Waals surface area contributed by atoms with Crippen molar-refractivity contribution >= 4 is 33.2 Å². The van der Waals surface area contributed by atoms with Gasteiger partial charge in [-0.05, 0) is 40.2 Å². The minimum absolute atomic E-state index is 0.0484. The number of hydrogen-bond donors (Lipinski definition) is 1. The molecule has 2 aromatic carbocycles. The van der Waals surface area contributed by atoms with Crippen molar-refractivity contribution in [3.8, 4) is 6.07 Å². The van der Waals surface area contributed by atoms with Crippen LogP contribution in [0.5, 0.6) is 0 Å². The van der Waals surface area contributed by atoms with Crippen molar-refractivity contribution in [1.82, 2.24) is 0 Å². The van der Waals surface area contributed by atoms with E-state index in [1.807, 2.05) is 0 Å². The van der Waals surface area contributed by atoms with Gasteiger partial charge in [-0.1, -0.05) is 17.7 Å². The molecule has 0 saturated carbocycles. The van der Waals surface area contributed by atoms with Gasteiger partial charge in [0, 0.05) is 12.1 Å². The van der Waals surface area contributed by atoms with Gasteiger partial charge in [-0.2, -0.15) is 5.26 Å². The third-order valence-electron chi connectivity index (χ3n) is 2.68. The van der Waals surface area contributed by atoms with Crippen LogP contribution in [-0.2, 0) is 6.54 Å². The summed E-state index contributed by atoms with van der Waals surface area (Å²) in [5.74, 6) is -1.51. The molecule has 20 heavy (non-hydrogen) atoms. The monoisotopic (exact) mass is 356 g/mol. The molecule has 2 aromatic rings. The van der Waals surface area contributed by atoms with Crippen LogP contribution in [0.2, 0.25) is 5.02 Å². The molecule has 0 aromatic heterocycles. The molecule has 2 nitrogen and oxygen atoms in total. The van der Waals surface area contributed by atoms with Gasteiger partial charge >= 0.3 is 0 Å². The SMILES string of the molecule is N#Cc1cc(F)c(CNc2cccc(Cl)c2Br)c(F)c1. The second kappa shape index (κ2) is 6.21. The molecular formula is C14H8BrClF2N2. The first-order valence-electron chi connectivity index (χ1n) is 5.59. The zero-order valence-electron chi connectivity index (χ0n) is 10.1. The fraction of sp³-hybridized carbons (Fsp3) is 0.0714. The van der Waals surface area contributed by atoms with Gasteiger partial charge in [0.2, 0.25) is 0 Å². The van der Waals surface area contributed by atoms with Gasteiger partial charge in [-0.15, -0.1) is 0 Å². The highest BCUT2D eigenvalue weighted by Crippen LogP contribution is 2.30. The Morgan fingerprint density at radius 3 is 2.50 bits per heavy atom. The lowest BCUT2D eigenvalue weighted by atomic mass is 10.1. The molecule has 0 atom stereocenters. The Kier molecular flexibility index (Phi) is 4.58. The van der Waals surface area contributed by atoms with Crippen LogP contribution in [0.3, 0.4) is 0 Å². The summed E-state index contributed by atoms with van der Waals surface area (Å²) in [6, 6.07) is 8.86. The summed E-state index contributed by atoms with van der Waals surface area (Å²) in [5, 5.41) is 12.0. The summed E-state index contributed by atoms with van der Waals surface area (Å²) in [7, 11) is 0. The van der Waals surface area contributed by atoms with Crippen LogP contribution in [0, 0.1) is 23.0 Å². The van der Waals surface area contributed by atoms with E-state index in [0.717, 1.165) is 12.1 Å². The third kappa shape index (κ3) is 3.09. The van der Waals surface area contributed by atoms with E-state index in [2.05, 4.69) is 21.2 Å². The molecule has 0 saturated heterocycles. The van der Waals surface area contributed by atoms with Crippen LogP contribution in [-0.4, -0.2) is 0 Å². The maximum Gasteiger partial charge on any atom is 0.132 e. The molecule has 0 bridgehead atoms. The molecule has 0 amide bonds. The van der Waals surface area contributed by atoms with Crippen LogP contribution in [0.1, 0.15) is 11.1 Å². The summed E-state index contributed by atoms with van der Waals surface area (Å²) >= 11 is 9.22. The van der Waals surface area contributed by atoms with E-state index in [0.29, 0.717) is 15.2 Å². The van der Waals surface area contributed by atoms with Gasteiger partial charge in [0.05, 0.1) is 26.8 Å². The summed E-state index contributed by atoms with van der Waals surface area (Å²) < 4.78 is 28.0. The Labute approximate surface area is 128 Å². The average Bonchev–Trinajstić information content (AvgIpc) is 2.42. The number of nitrogens with one attached hydrogen (secondary N) is 1. The zero-order valence-corrected chi connectivity index (χ0v) is 12.4. The summed E-state index contributed by atoms with van der Waals surface area (Å²) in [6.07, 6.45) is 0. The van der Waals surface area contributed by atoms with Crippen LogP contribution >= 0.6 is 27.5 Å². The lowest BCUT2D eigenvalue weighted by Crippen LogP contribution is -2.05. The van der Waals surface area contributed by atoms with Crippen LogP contribution < -0.4 is 5.32 Å². The molecule has 0 aliphatic carbocycles. The molecule has 0 radical (unpaired) electrons. The summed E-state index contributed by atoms with van der Waals surface area (Å²) in [4.78, 5) is 0. The van der Waals surface area contributed by atoms with Gasteiger partial charge < -0.3 is 5.32 Å². The van der Waals surface area contributed by atoms with Crippen LogP contribution in [0.4, 0.5) is 14.5 Å². The predicted molar refractivity (Wildman–Crippen MR) is 77.6 cm³/mol. The van der Waals surface area contributed by atoms with Gasteiger partial charge in [-0.3, -0.25) is 0 Å². The first-order valence-corrected chi connectivity index (χ1v) is 6.76. The van der Waals surface area contributed by atoms with Crippen molar-refractivity contribution in [1.29, 1.82) is 5.26 Å². The molecule has 0 aliphatic heterocycles. The maximum absolute atomic E-state index is 13.7. The van der Waals surface area contributed by atoms with Gasteiger partial charge in [0.15, 0.2) is 0 Å². The lowest BCUT2D eigenvalue weighted by Gasteiger charge is -2.11. The first kappa shape index (κ1) is 14.8. The smallest absolute Gasteiger partial charge is 0.132 e. The molecule has 0 spiro atoms. The number of halogens is 4. The van der Waals surface area contributed by atoms with E-state index < -0.39 is 11.6 Å². The topological polar surface area (TPSA) is 35.8 Å². The zero-order chi connectivity index (χ0) is 14.7. The largest absolute Gasteiger partial charge is 0.380 e. The predicted octanol–water partition coefficient (Wildman–Crippen LogP) is 4.86. The normalized spacial score (nSPS) is 10.2. The van der Waals surface area contributed by atoms with Crippen molar-refractivity contribution in [2.75, 3.05) is 5.32 Å². The number of nitrogens with zero attached hydrogens (tertiary/aromatic N) is 1.